The summed E-state index contributed by atoms with van der Waals surface area (Å²) in [7, 11) is -3.34. The van der Waals surface area contributed by atoms with Crippen LogP contribution in [0.4, 0.5) is 4.39 Å². The molecule has 0 atom stereocenters. The maximum absolute atomic E-state index is 13.5. The molecular weight excluding hydrogens is 527 g/mol. The minimum Gasteiger partial charge on any atom is -0.346 e. The molecule has 0 spiro atoms. The molecule has 0 saturated heterocycles. The van der Waals surface area contributed by atoms with Crippen LogP contribution in [0.15, 0.2) is 82.2 Å². The second-order valence-corrected chi connectivity index (χ2v) is 11.2. The number of nitrogens with zero attached hydrogens (tertiary/aromatic N) is 1. The molecule has 1 aromatic heterocycles. The number of carbonyl (C=O) groups is 1. The predicted molar refractivity (Wildman–Crippen MR) is 131 cm³/mol. The van der Waals surface area contributed by atoms with E-state index in [1.165, 1.54) is 35.6 Å². The summed E-state index contributed by atoms with van der Waals surface area (Å²) in [5.74, 6) is -0.694. The molecule has 5 nitrogen and oxygen atoms in total. The lowest BCUT2D eigenvalue weighted by Gasteiger charge is -2.04. The van der Waals surface area contributed by atoms with Crippen LogP contribution >= 0.6 is 27.3 Å². The van der Waals surface area contributed by atoms with E-state index in [1.807, 2.05) is 24.3 Å². The number of hydrogen-bond donors (Lipinski definition) is 1. The molecule has 0 bridgehead atoms. The van der Waals surface area contributed by atoms with Crippen molar-refractivity contribution in [3.8, 4) is 21.7 Å². The Bertz CT molecular complexity index is 1400. The molecule has 1 heterocycles. The van der Waals surface area contributed by atoms with E-state index in [2.05, 4.69) is 26.2 Å². The van der Waals surface area contributed by atoms with Gasteiger partial charge in [0.05, 0.1) is 15.5 Å². The third-order valence-corrected chi connectivity index (χ3v) is 7.61. The number of amides is 1. The standard InChI is InChI=1S/C24H18BrFN2O3S2/c1-33(30,31)20-12-6-16(7-13-20)21-22(17-4-10-19(26)11-5-17)32-24(28-21)23(29)27-14-15-2-8-18(25)9-3-15/h2-13H,14H2,1H3,(H,27,29). The molecule has 0 saturated carbocycles. The van der Waals surface area contributed by atoms with Crippen LogP contribution < -0.4 is 5.32 Å². The van der Waals surface area contributed by atoms with E-state index in [0.29, 0.717) is 28.2 Å². The van der Waals surface area contributed by atoms with Gasteiger partial charge in [0.15, 0.2) is 14.8 Å². The second-order valence-electron chi connectivity index (χ2n) is 7.31. The van der Waals surface area contributed by atoms with Gasteiger partial charge in [-0.15, -0.1) is 11.3 Å². The summed E-state index contributed by atoms with van der Waals surface area (Å²) >= 11 is 4.58. The first kappa shape index (κ1) is 23.3. The summed E-state index contributed by atoms with van der Waals surface area (Å²) in [6, 6.07) is 19.9. The van der Waals surface area contributed by atoms with Crippen molar-refractivity contribution in [2.45, 2.75) is 11.4 Å². The zero-order valence-corrected chi connectivity index (χ0v) is 20.6. The van der Waals surface area contributed by atoms with E-state index < -0.39 is 9.84 Å². The number of halogens is 2. The molecule has 9 heteroatoms. The molecule has 1 N–H and O–H groups in total. The van der Waals surface area contributed by atoms with Gasteiger partial charge < -0.3 is 5.32 Å². The van der Waals surface area contributed by atoms with Gasteiger partial charge in [-0.05, 0) is 47.5 Å². The molecular formula is C24H18BrFN2O3S2. The molecule has 3 aromatic carbocycles. The lowest BCUT2D eigenvalue weighted by molar-refractivity contribution is 0.0950. The highest BCUT2D eigenvalue weighted by molar-refractivity contribution is 9.10. The summed E-state index contributed by atoms with van der Waals surface area (Å²) in [6.45, 7) is 0.343. The molecule has 33 heavy (non-hydrogen) atoms. The van der Waals surface area contributed by atoms with Crippen LogP contribution in [0, 0.1) is 5.82 Å². The third-order valence-electron chi connectivity index (χ3n) is 4.85. The lowest BCUT2D eigenvalue weighted by atomic mass is 10.1. The average Bonchev–Trinajstić information content (AvgIpc) is 3.24. The van der Waals surface area contributed by atoms with Gasteiger partial charge in [0.1, 0.15) is 5.82 Å². The first-order valence-corrected chi connectivity index (χ1v) is 13.3. The van der Waals surface area contributed by atoms with Crippen molar-refractivity contribution >= 4 is 43.0 Å². The topological polar surface area (TPSA) is 76.1 Å². The molecule has 0 aliphatic carbocycles. The first-order valence-electron chi connectivity index (χ1n) is 9.80. The van der Waals surface area contributed by atoms with Crippen LogP contribution in [0.2, 0.25) is 0 Å². The Morgan fingerprint density at radius 2 is 1.58 bits per heavy atom. The highest BCUT2D eigenvalue weighted by Crippen LogP contribution is 2.37. The molecule has 0 fully saturated rings. The highest BCUT2D eigenvalue weighted by atomic mass is 79.9. The summed E-state index contributed by atoms with van der Waals surface area (Å²) < 4.78 is 38.0. The van der Waals surface area contributed by atoms with E-state index in [-0.39, 0.29) is 21.6 Å². The van der Waals surface area contributed by atoms with Crippen molar-refractivity contribution in [1.82, 2.24) is 10.3 Å². The largest absolute Gasteiger partial charge is 0.346 e. The van der Waals surface area contributed by atoms with Gasteiger partial charge in [-0.3, -0.25) is 4.79 Å². The summed E-state index contributed by atoms with van der Waals surface area (Å²) in [6.07, 6.45) is 1.14. The van der Waals surface area contributed by atoms with Gasteiger partial charge in [-0.25, -0.2) is 17.8 Å². The fraction of sp³-hybridized carbons (Fsp3) is 0.0833. The zero-order chi connectivity index (χ0) is 23.6. The number of carbonyl (C=O) groups excluding carboxylic acids is 1. The molecule has 4 rings (SSSR count). The van der Waals surface area contributed by atoms with Gasteiger partial charge in [0.25, 0.3) is 5.91 Å². The van der Waals surface area contributed by atoms with Gasteiger partial charge >= 0.3 is 0 Å². The zero-order valence-electron chi connectivity index (χ0n) is 17.4. The molecule has 168 valence electrons. The van der Waals surface area contributed by atoms with E-state index >= 15 is 0 Å². The number of benzene rings is 3. The number of sulfone groups is 1. The van der Waals surface area contributed by atoms with Crippen LogP contribution in [-0.2, 0) is 16.4 Å². The van der Waals surface area contributed by atoms with Crippen molar-refractivity contribution in [2.24, 2.45) is 0 Å². The Kier molecular flexibility index (Phi) is 6.73. The molecule has 0 aliphatic rings. The molecule has 0 radical (unpaired) electrons. The molecule has 1 amide bonds. The Morgan fingerprint density at radius 3 is 2.18 bits per heavy atom. The average molecular weight is 545 g/mol. The van der Waals surface area contributed by atoms with Crippen molar-refractivity contribution in [3.05, 3.63) is 93.7 Å². The summed E-state index contributed by atoms with van der Waals surface area (Å²) in [5.41, 5.74) is 2.84. The van der Waals surface area contributed by atoms with E-state index in [9.17, 15) is 17.6 Å². The number of rotatable bonds is 6. The van der Waals surface area contributed by atoms with Gasteiger partial charge in [0.2, 0.25) is 0 Å². The maximum atomic E-state index is 13.5. The van der Waals surface area contributed by atoms with Crippen LogP contribution in [0.25, 0.3) is 21.7 Å². The summed E-state index contributed by atoms with van der Waals surface area (Å²) in [4.78, 5) is 18.3. The Balaban J connectivity index is 1.68. The minimum absolute atomic E-state index is 0.192. The minimum atomic E-state index is -3.34. The second kappa shape index (κ2) is 9.54. The number of aromatic nitrogens is 1. The number of nitrogens with one attached hydrogen (secondary N) is 1. The fourth-order valence-electron chi connectivity index (χ4n) is 3.13. The van der Waals surface area contributed by atoms with Crippen molar-refractivity contribution in [3.63, 3.8) is 0 Å². The molecule has 0 unspecified atom stereocenters. The first-order chi connectivity index (χ1) is 15.7. The van der Waals surface area contributed by atoms with Gasteiger partial charge in [0, 0.05) is 22.8 Å². The Morgan fingerprint density at radius 1 is 0.970 bits per heavy atom. The monoisotopic (exact) mass is 544 g/mol. The number of hydrogen-bond acceptors (Lipinski definition) is 5. The van der Waals surface area contributed by atoms with Gasteiger partial charge in [-0.1, -0.05) is 52.3 Å². The lowest BCUT2D eigenvalue weighted by Crippen LogP contribution is -2.22. The molecule has 0 aliphatic heterocycles. The van der Waals surface area contributed by atoms with Crippen molar-refractivity contribution in [2.75, 3.05) is 6.26 Å². The normalized spacial score (nSPS) is 11.4. The van der Waals surface area contributed by atoms with Crippen molar-refractivity contribution < 1.29 is 17.6 Å². The van der Waals surface area contributed by atoms with Crippen LogP contribution in [-0.4, -0.2) is 25.6 Å². The fourth-order valence-corrected chi connectivity index (χ4v) is 5.03. The highest BCUT2D eigenvalue weighted by Gasteiger charge is 2.20. The van der Waals surface area contributed by atoms with Crippen LogP contribution in [0.1, 0.15) is 15.4 Å². The quantitative estimate of drug-likeness (QED) is 0.337. The van der Waals surface area contributed by atoms with Crippen molar-refractivity contribution in [1.29, 1.82) is 0 Å². The predicted octanol–water partition coefficient (Wildman–Crippen LogP) is 5.71. The van der Waals surface area contributed by atoms with E-state index in [4.69, 9.17) is 0 Å². The SMILES string of the molecule is CS(=O)(=O)c1ccc(-c2nc(C(=O)NCc3ccc(Br)cc3)sc2-c2ccc(F)cc2)cc1. The van der Waals surface area contributed by atoms with E-state index in [1.54, 1.807) is 24.3 Å². The maximum Gasteiger partial charge on any atom is 0.280 e. The van der Waals surface area contributed by atoms with Crippen LogP contribution in [0.3, 0.4) is 0 Å². The van der Waals surface area contributed by atoms with E-state index in [0.717, 1.165) is 16.3 Å². The van der Waals surface area contributed by atoms with Gasteiger partial charge in [-0.2, -0.15) is 0 Å². The Hall–Kier alpha value is -2.88. The smallest absolute Gasteiger partial charge is 0.280 e. The molecule has 4 aromatic rings. The Labute approximate surface area is 203 Å². The third kappa shape index (κ3) is 5.55. The van der Waals surface area contributed by atoms with Crippen LogP contribution in [0.5, 0.6) is 0 Å². The summed E-state index contributed by atoms with van der Waals surface area (Å²) in [5, 5.41) is 3.13. The number of thiazole rings is 1.